The monoisotopic (exact) mass is 138 g/mol. The summed E-state index contributed by atoms with van der Waals surface area (Å²) in [5.74, 6) is 2.58. The van der Waals surface area contributed by atoms with Gasteiger partial charge < -0.3 is 5.11 Å². The molecule has 10 heavy (non-hydrogen) atoms. The zero-order valence-electron chi connectivity index (χ0n) is 6.59. The first-order valence-electron chi connectivity index (χ1n) is 3.34. The van der Waals surface area contributed by atoms with Gasteiger partial charge >= 0.3 is 0 Å². The quantitative estimate of drug-likeness (QED) is 0.464. The lowest BCUT2D eigenvalue weighted by Crippen LogP contribution is -2.05. The van der Waals surface area contributed by atoms with Crippen LogP contribution in [-0.2, 0) is 0 Å². The minimum absolute atomic E-state index is 0.0253. The Kier molecular flexibility index (Phi) is 3.83. The number of hydrogen-bond donors (Lipinski definition) is 1. The smallest absolute Gasteiger partial charge is 0.0612 e. The van der Waals surface area contributed by atoms with Gasteiger partial charge in [0, 0.05) is 6.42 Å². The molecule has 0 saturated heterocycles. The van der Waals surface area contributed by atoms with Crippen molar-refractivity contribution in [3.8, 4) is 12.3 Å². The van der Waals surface area contributed by atoms with Crippen LogP contribution >= 0.6 is 0 Å². The molecule has 0 spiro atoms. The Balaban J connectivity index is 3.88. The Morgan fingerprint density at radius 3 is 2.60 bits per heavy atom. The molecule has 0 radical (unpaired) electrons. The molecule has 0 bridgehead atoms. The number of hydrogen-bond acceptors (Lipinski definition) is 1. The fourth-order valence-electron chi connectivity index (χ4n) is 0.694. The molecule has 0 heterocycles. The number of terminal acetylenes is 1. The second kappa shape index (κ2) is 4.14. The van der Waals surface area contributed by atoms with Gasteiger partial charge in [-0.05, 0) is 5.41 Å². The normalized spacial score (nSPS) is 11.8. The van der Waals surface area contributed by atoms with Crippen LogP contribution in [0.2, 0.25) is 0 Å². The maximum atomic E-state index is 8.46. The van der Waals surface area contributed by atoms with E-state index < -0.39 is 0 Å². The fourth-order valence-corrected chi connectivity index (χ4v) is 0.694. The van der Waals surface area contributed by atoms with Crippen molar-refractivity contribution in [1.29, 1.82) is 0 Å². The lowest BCUT2D eigenvalue weighted by atomic mass is 9.89. The van der Waals surface area contributed by atoms with Crippen molar-refractivity contribution in [2.75, 3.05) is 6.61 Å². The van der Waals surface area contributed by atoms with Crippen LogP contribution < -0.4 is 0 Å². The van der Waals surface area contributed by atoms with Crippen molar-refractivity contribution in [2.24, 2.45) is 5.41 Å². The highest BCUT2D eigenvalue weighted by Gasteiger charge is 2.10. The summed E-state index contributed by atoms with van der Waals surface area (Å²) in [7, 11) is 0. The van der Waals surface area contributed by atoms with Gasteiger partial charge in [0.1, 0.15) is 0 Å². The summed E-state index contributed by atoms with van der Waals surface area (Å²) in [5, 5.41) is 8.46. The van der Waals surface area contributed by atoms with Crippen molar-refractivity contribution in [3.63, 3.8) is 0 Å². The van der Waals surface area contributed by atoms with E-state index in [0.29, 0.717) is 6.42 Å². The van der Waals surface area contributed by atoms with Crippen LogP contribution in [-0.4, -0.2) is 11.7 Å². The van der Waals surface area contributed by atoms with Gasteiger partial charge in [-0.3, -0.25) is 0 Å². The zero-order chi connectivity index (χ0) is 8.04. The first-order chi connectivity index (χ1) is 4.62. The molecule has 1 heteroatoms. The van der Waals surface area contributed by atoms with E-state index >= 15 is 0 Å². The maximum Gasteiger partial charge on any atom is 0.0612 e. The van der Waals surface area contributed by atoms with E-state index in [1.807, 2.05) is 19.9 Å². The van der Waals surface area contributed by atoms with Crippen molar-refractivity contribution in [1.82, 2.24) is 0 Å². The van der Waals surface area contributed by atoms with E-state index in [2.05, 4.69) is 5.92 Å². The summed E-state index contributed by atoms with van der Waals surface area (Å²) < 4.78 is 0. The standard InChI is InChI=1S/C9H14O/c1-4-6-9(2,3)7-5-8-10/h1,5,7,10H,6,8H2,2-3H3/b7-5+. The van der Waals surface area contributed by atoms with Gasteiger partial charge in [-0.25, -0.2) is 0 Å². The Bertz CT molecular complexity index is 149. The molecule has 0 aromatic rings. The first-order valence-corrected chi connectivity index (χ1v) is 3.34. The molecule has 0 aromatic carbocycles. The van der Waals surface area contributed by atoms with E-state index in [1.165, 1.54) is 0 Å². The maximum absolute atomic E-state index is 8.46. The summed E-state index contributed by atoms with van der Waals surface area (Å²) >= 11 is 0. The third kappa shape index (κ3) is 4.17. The molecule has 56 valence electrons. The van der Waals surface area contributed by atoms with Crippen molar-refractivity contribution < 1.29 is 5.11 Å². The highest BCUT2D eigenvalue weighted by Crippen LogP contribution is 2.20. The van der Waals surface area contributed by atoms with E-state index in [4.69, 9.17) is 11.5 Å². The predicted octanol–water partition coefficient (Wildman–Crippen LogP) is 1.58. The third-order valence-electron chi connectivity index (χ3n) is 1.23. The zero-order valence-corrected chi connectivity index (χ0v) is 6.59. The second-order valence-electron chi connectivity index (χ2n) is 2.95. The number of allylic oxidation sites excluding steroid dienone is 1. The molecule has 0 aromatic heterocycles. The Hall–Kier alpha value is -0.740. The van der Waals surface area contributed by atoms with Gasteiger partial charge in [0.05, 0.1) is 6.61 Å². The van der Waals surface area contributed by atoms with Gasteiger partial charge in [-0.15, -0.1) is 12.3 Å². The topological polar surface area (TPSA) is 20.2 Å². The van der Waals surface area contributed by atoms with E-state index in [1.54, 1.807) is 6.08 Å². The van der Waals surface area contributed by atoms with Gasteiger partial charge in [-0.2, -0.15) is 0 Å². The third-order valence-corrected chi connectivity index (χ3v) is 1.23. The minimum Gasteiger partial charge on any atom is -0.392 e. The summed E-state index contributed by atoms with van der Waals surface area (Å²) in [6, 6.07) is 0. The van der Waals surface area contributed by atoms with E-state index in [-0.39, 0.29) is 12.0 Å². The molecular weight excluding hydrogens is 124 g/mol. The van der Waals surface area contributed by atoms with Crippen LogP contribution in [0.3, 0.4) is 0 Å². The molecule has 0 aliphatic heterocycles. The largest absolute Gasteiger partial charge is 0.392 e. The van der Waals surface area contributed by atoms with Crippen molar-refractivity contribution in [3.05, 3.63) is 12.2 Å². The molecule has 0 rings (SSSR count). The number of rotatable bonds is 3. The molecule has 1 nitrogen and oxygen atoms in total. The molecule has 0 unspecified atom stereocenters. The van der Waals surface area contributed by atoms with Crippen LogP contribution in [0.15, 0.2) is 12.2 Å². The molecule has 1 N–H and O–H groups in total. The van der Waals surface area contributed by atoms with Crippen molar-refractivity contribution >= 4 is 0 Å². The molecule has 0 saturated carbocycles. The summed E-state index contributed by atoms with van der Waals surface area (Å²) in [6.07, 6.45) is 9.51. The second-order valence-corrected chi connectivity index (χ2v) is 2.95. The van der Waals surface area contributed by atoms with Crippen LogP contribution in [0, 0.1) is 17.8 Å². The molecule has 0 atom stereocenters. The van der Waals surface area contributed by atoms with Gasteiger partial charge in [-0.1, -0.05) is 26.0 Å². The summed E-state index contributed by atoms with van der Waals surface area (Å²) in [5.41, 5.74) is 0.0253. The van der Waals surface area contributed by atoms with E-state index in [9.17, 15) is 0 Å². The van der Waals surface area contributed by atoms with Crippen LogP contribution in [0.4, 0.5) is 0 Å². The van der Waals surface area contributed by atoms with Crippen molar-refractivity contribution in [2.45, 2.75) is 20.3 Å². The highest BCUT2D eigenvalue weighted by molar-refractivity contribution is 5.01. The first kappa shape index (κ1) is 9.26. The van der Waals surface area contributed by atoms with Crippen LogP contribution in [0.5, 0.6) is 0 Å². The van der Waals surface area contributed by atoms with Gasteiger partial charge in [0.2, 0.25) is 0 Å². The molecule has 0 amide bonds. The predicted molar refractivity (Wildman–Crippen MR) is 43.5 cm³/mol. The van der Waals surface area contributed by atoms with Gasteiger partial charge in [0.15, 0.2) is 0 Å². The van der Waals surface area contributed by atoms with Crippen LogP contribution in [0.25, 0.3) is 0 Å². The average molecular weight is 138 g/mol. The minimum atomic E-state index is 0.0253. The fraction of sp³-hybridized carbons (Fsp3) is 0.556. The van der Waals surface area contributed by atoms with E-state index in [0.717, 1.165) is 0 Å². The van der Waals surface area contributed by atoms with Gasteiger partial charge in [0.25, 0.3) is 0 Å². The SMILES string of the molecule is C#CCC(C)(C)/C=C/CO. The molecule has 0 fully saturated rings. The Morgan fingerprint density at radius 2 is 2.20 bits per heavy atom. The summed E-state index contributed by atoms with van der Waals surface area (Å²) in [4.78, 5) is 0. The summed E-state index contributed by atoms with van der Waals surface area (Å²) in [6.45, 7) is 4.17. The van der Waals surface area contributed by atoms with Crippen LogP contribution in [0.1, 0.15) is 20.3 Å². The number of aliphatic hydroxyl groups excluding tert-OH is 1. The molecule has 0 aliphatic carbocycles. The highest BCUT2D eigenvalue weighted by atomic mass is 16.2. The molecule has 0 aliphatic rings. The number of aliphatic hydroxyl groups is 1. The molecular formula is C9H14O. The lowest BCUT2D eigenvalue weighted by molar-refractivity contribution is 0.340. The Morgan fingerprint density at radius 1 is 1.60 bits per heavy atom. The Labute approximate surface area is 62.8 Å². The lowest BCUT2D eigenvalue weighted by Gasteiger charge is -2.15. The average Bonchev–Trinajstić information content (AvgIpc) is 1.84.